The fourth-order valence-electron chi connectivity index (χ4n) is 9.95. The SMILES string of the molecule is CCCCC[C@@H]1C=C[C@@H](CCCCC[C@H](C(=O)O)[C@H](O)CC[C@]2(O)C[C@H](Cc3ccnc(N)c3)C[C@H]2[C@H](O)c2cc(-c3ccccc3)c(-c3cc(O)cc(O)c3)[nH]2)[C@H](O)C1. The number of phenolic OH excluding ortho intramolecular Hbond substituents is 2. The van der Waals surface area contributed by atoms with Gasteiger partial charge in [-0.1, -0.05) is 87.9 Å². The van der Waals surface area contributed by atoms with Gasteiger partial charge in [-0.15, -0.1) is 0 Å². The van der Waals surface area contributed by atoms with E-state index in [4.69, 9.17) is 5.73 Å². The first kappa shape index (κ1) is 44.9. The number of nitrogens with two attached hydrogens (primary N) is 1. The Hall–Kier alpha value is -4.68. The number of aliphatic hydroxyl groups is 4. The number of nitrogen functional groups attached to an aromatic ring is 1. The molecule has 0 amide bonds. The van der Waals surface area contributed by atoms with Gasteiger partial charge in [0, 0.05) is 40.9 Å². The summed E-state index contributed by atoms with van der Waals surface area (Å²) < 4.78 is 0. The molecule has 2 heterocycles. The molecular formula is C49H65N3O8. The summed E-state index contributed by atoms with van der Waals surface area (Å²) in [4.78, 5) is 20.0. The highest BCUT2D eigenvalue weighted by molar-refractivity contribution is 5.83. The molecular weight excluding hydrogens is 759 g/mol. The molecule has 2 aromatic carbocycles. The summed E-state index contributed by atoms with van der Waals surface area (Å²) in [7, 11) is 0. The summed E-state index contributed by atoms with van der Waals surface area (Å²) >= 11 is 0. The van der Waals surface area contributed by atoms with E-state index in [0.29, 0.717) is 60.8 Å². The number of aromatic nitrogens is 2. The van der Waals surface area contributed by atoms with E-state index in [1.165, 1.54) is 37.5 Å². The number of allylic oxidation sites excluding steroid dienone is 1. The summed E-state index contributed by atoms with van der Waals surface area (Å²) in [6.45, 7) is 2.19. The summed E-state index contributed by atoms with van der Waals surface area (Å²) in [5.74, 6) is -2.11. The molecule has 0 unspecified atom stereocenters. The molecule has 60 heavy (non-hydrogen) atoms. The van der Waals surface area contributed by atoms with Crippen LogP contribution in [0.15, 0.2) is 85.1 Å². The Morgan fingerprint density at radius 1 is 0.900 bits per heavy atom. The minimum atomic E-state index is -1.45. The van der Waals surface area contributed by atoms with Crippen LogP contribution in [0.3, 0.4) is 0 Å². The molecule has 11 nitrogen and oxygen atoms in total. The Morgan fingerprint density at radius 3 is 2.35 bits per heavy atom. The molecule has 2 aliphatic carbocycles. The first-order chi connectivity index (χ1) is 28.8. The third kappa shape index (κ3) is 11.6. The van der Waals surface area contributed by atoms with Crippen molar-refractivity contribution in [2.24, 2.45) is 29.6 Å². The van der Waals surface area contributed by atoms with Crippen molar-refractivity contribution in [3.8, 4) is 33.9 Å². The highest BCUT2D eigenvalue weighted by Gasteiger charge is 2.50. The molecule has 0 spiro atoms. The van der Waals surface area contributed by atoms with Crippen LogP contribution in [0.1, 0.15) is 114 Å². The Morgan fingerprint density at radius 2 is 1.65 bits per heavy atom. The fourth-order valence-corrected chi connectivity index (χ4v) is 9.95. The lowest BCUT2D eigenvalue weighted by Gasteiger charge is -2.34. The van der Waals surface area contributed by atoms with Crippen molar-refractivity contribution >= 4 is 11.8 Å². The Kier molecular flexibility index (Phi) is 15.5. The van der Waals surface area contributed by atoms with E-state index >= 15 is 0 Å². The molecule has 2 aliphatic rings. The molecule has 6 rings (SSSR count). The number of carboxylic acids is 1. The molecule has 10 N–H and O–H groups in total. The van der Waals surface area contributed by atoms with Crippen LogP contribution in [-0.2, 0) is 11.2 Å². The zero-order valence-corrected chi connectivity index (χ0v) is 34.9. The number of hydrogen-bond acceptors (Lipinski definition) is 9. The molecule has 1 saturated carbocycles. The number of nitrogens with one attached hydrogen (secondary N) is 1. The van der Waals surface area contributed by atoms with Gasteiger partial charge in [0.15, 0.2) is 0 Å². The van der Waals surface area contributed by atoms with Crippen molar-refractivity contribution in [3.05, 3.63) is 96.3 Å². The second kappa shape index (κ2) is 20.7. The van der Waals surface area contributed by atoms with Gasteiger partial charge in [0.25, 0.3) is 0 Å². The average Bonchev–Trinajstić information content (AvgIpc) is 3.80. The van der Waals surface area contributed by atoms with Gasteiger partial charge in [0.2, 0.25) is 0 Å². The van der Waals surface area contributed by atoms with Crippen molar-refractivity contribution in [1.82, 2.24) is 9.97 Å². The number of pyridine rings is 1. The minimum Gasteiger partial charge on any atom is -0.508 e. The number of benzene rings is 2. The van der Waals surface area contributed by atoms with Gasteiger partial charge in [-0.25, -0.2) is 4.98 Å². The van der Waals surface area contributed by atoms with Crippen molar-refractivity contribution in [2.75, 3.05) is 5.73 Å². The topological polar surface area (TPSA) is 213 Å². The van der Waals surface area contributed by atoms with E-state index in [1.54, 1.807) is 12.3 Å². The number of hydrogen-bond donors (Lipinski definition) is 9. The zero-order chi connectivity index (χ0) is 42.8. The van der Waals surface area contributed by atoms with Crippen molar-refractivity contribution in [1.29, 1.82) is 0 Å². The second-order valence-electron chi connectivity index (χ2n) is 17.7. The second-order valence-corrected chi connectivity index (χ2v) is 17.7. The number of unbranched alkanes of at least 4 members (excludes halogenated alkanes) is 4. The minimum absolute atomic E-state index is 0.0396. The van der Waals surface area contributed by atoms with Gasteiger partial charge in [-0.2, -0.15) is 0 Å². The lowest BCUT2D eigenvalue weighted by atomic mass is 9.79. The summed E-state index contributed by atoms with van der Waals surface area (Å²) in [6.07, 6.45) is 13.7. The standard InChI is InChI=1S/C49H65N3O8/c1-2-3-6-11-31-16-17-35(44(56)24-31)14-9-5-10-15-39(48(58)59)43(55)18-20-49(60)30-33(22-32-19-21-51-45(50)25-32)23-41(49)47(57)42-29-40(34-12-7-4-8-13-34)46(52-42)36-26-37(53)28-38(54)27-36/h4,7-8,12-13,16-17,19,21,25-29,31,33,35,39,41,43-44,47,52-57,60H,2-3,5-6,9-11,14-15,18,20,22-24,30H2,1H3,(H2,50,51)(H,58,59)/t31-,33-,35-,39+,41+,43-,44-,47+,49+/m1/s1. The Labute approximate surface area is 354 Å². The van der Waals surface area contributed by atoms with E-state index in [-0.39, 0.29) is 42.3 Å². The number of aliphatic hydroxyl groups excluding tert-OH is 3. The van der Waals surface area contributed by atoms with E-state index in [9.17, 15) is 40.5 Å². The summed E-state index contributed by atoms with van der Waals surface area (Å²) in [5, 5.41) is 77.8. The normalized spacial score (nSPS) is 24.3. The van der Waals surface area contributed by atoms with Crippen molar-refractivity contribution < 1.29 is 40.5 Å². The van der Waals surface area contributed by atoms with Crippen LogP contribution in [-0.4, -0.2) is 69.5 Å². The molecule has 0 bridgehead atoms. The number of phenols is 2. The van der Waals surface area contributed by atoms with Gasteiger partial charge >= 0.3 is 5.97 Å². The predicted octanol–water partition coefficient (Wildman–Crippen LogP) is 8.70. The molecule has 11 heteroatoms. The van der Waals surface area contributed by atoms with Crippen LogP contribution in [0.25, 0.3) is 22.4 Å². The number of H-pyrrole nitrogens is 1. The molecule has 0 aliphatic heterocycles. The van der Waals surface area contributed by atoms with E-state index < -0.39 is 35.6 Å². The van der Waals surface area contributed by atoms with Crippen LogP contribution < -0.4 is 5.73 Å². The van der Waals surface area contributed by atoms with Crippen molar-refractivity contribution in [3.63, 3.8) is 0 Å². The van der Waals surface area contributed by atoms with Gasteiger partial charge < -0.3 is 46.5 Å². The van der Waals surface area contributed by atoms with Gasteiger partial charge in [-0.3, -0.25) is 4.79 Å². The maximum absolute atomic E-state index is 12.5. The predicted molar refractivity (Wildman–Crippen MR) is 234 cm³/mol. The quantitative estimate of drug-likeness (QED) is 0.0288. The number of aliphatic carboxylic acids is 1. The summed E-state index contributed by atoms with van der Waals surface area (Å²) in [5.41, 5.74) is 8.60. The maximum Gasteiger partial charge on any atom is 0.309 e. The molecule has 1 fully saturated rings. The van der Waals surface area contributed by atoms with Gasteiger partial charge in [-0.05, 0) is 111 Å². The third-order valence-corrected chi connectivity index (χ3v) is 13.2. The molecule has 4 aromatic rings. The number of carbonyl (C=O) groups is 1. The first-order valence-corrected chi connectivity index (χ1v) is 22.0. The van der Waals surface area contributed by atoms with Gasteiger partial charge in [0.1, 0.15) is 17.3 Å². The van der Waals surface area contributed by atoms with Crippen LogP contribution in [0.2, 0.25) is 0 Å². The highest BCUT2D eigenvalue weighted by Crippen LogP contribution is 2.51. The van der Waals surface area contributed by atoms with Gasteiger partial charge in [0.05, 0.1) is 35.5 Å². The van der Waals surface area contributed by atoms with Crippen LogP contribution >= 0.6 is 0 Å². The monoisotopic (exact) mass is 823 g/mol. The molecule has 0 radical (unpaired) electrons. The molecule has 0 saturated heterocycles. The largest absolute Gasteiger partial charge is 0.508 e. The summed E-state index contributed by atoms with van der Waals surface area (Å²) in [6, 6.07) is 19.4. The zero-order valence-electron chi connectivity index (χ0n) is 34.9. The number of aromatic amines is 1. The highest BCUT2D eigenvalue weighted by atomic mass is 16.4. The van der Waals surface area contributed by atoms with E-state index in [1.807, 2.05) is 42.5 Å². The third-order valence-electron chi connectivity index (χ3n) is 13.2. The van der Waals surface area contributed by atoms with E-state index in [2.05, 4.69) is 29.0 Å². The van der Waals surface area contributed by atoms with Crippen LogP contribution in [0.5, 0.6) is 11.5 Å². The number of nitrogens with zero attached hydrogens (tertiary/aromatic N) is 1. The van der Waals surface area contributed by atoms with Crippen LogP contribution in [0, 0.1) is 29.6 Å². The number of aromatic hydroxyl groups is 2. The maximum atomic E-state index is 12.5. The number of carboxylic acid groups (broad SMARTS) is 1. The number of rotatable bonds is 21. The molecule has 324 valence electrons. The Balaban J connectivity index is 1.14. The molecule has 9 atom stereocenters. The van der Waals surface area contributed by atoms with E-state index in [0.717, 1.165) is 48.8 Å². The molecule has 2 aromatic heterocycles. The smallest absolute Gasteiger partial charge is 0.309 e. The first-order valence-electron chi connectivity index (χ1n) is 22.0. The lowest BCUT2D eigenvalue weighted by Crippen LogP contribution is -2.39. The fraction of sp³-hybridized carbons (Fsp3) is 0.510. The van der Waals surface area contributed by atoms with Crippen LogP contribution in [0.4, 0.5) is 5.82 Å². The average molecular weight is 824 g/mol. The van der Waals surface area contributed by atoms with Crippen molar-refractivity contribution in [2.45, 2.75) is 127 Å². The number of anilines is 1. The Bertz CT molecular complexity index is 2000. The lowest BCUT2D eigenvalue weighted by molar-refractivity contribution is -0.147.